The Labute approximate surface area is 145 Å². The number of carbonyl (C=O) groups is 3. The molecule has 25 heavy (non-hydrogen) atoms. The number of allylic oxidation sites excluding steroid dienone is 2. The zero-order valence-corrected chi connectivity index (χ0v) is 13.6. The predicted molar refractivity (Wildman–Crippen MR) is 88.1 cm³/mol. The third-order valence-corrected chi connectivity index (χ3v) is 6.57. The monoisotopic (exact) mass is 337 g/mol. The van der Waals surface area contributed by atoms with E-state index in [0.717, 1.165) is 16.9 Å². The van der Waals surface area contributed by atoms with Gasteiger partial charge in [0.2, 0.25) is 11.8 Å². The second-order valence-electron chi connectivity index (χ2n) is 7.74. The highest BCUT2D eigenvalue weighted by atomic mass is 16.4. The van der Waals surface area contributed by atoms with Crippen LogP contribution >= 0.6 is 0 Å². The first-order valence-corrected chi connectivity index (χ1v) is 8.90. The molecule has 2 saturated carbocycles. The van der Waals surface area contributed by atoms with Crippen molar-refractivity contribution in [3.63, 3.8) is 0 Å². The highest BCUT2D eigenvalue weighted by molar-refractivity contribution is 6.08. The van der Waals surface area contributed by atoms with Gasteiger partial charge in [-0.05, 0) is 35.7 Å². The second-order valence-corrected chi connectivity index (χ2v) is 7.74. The van der Waals surface area contributed by atoms with Crippen molar-refractivity contribution in [3.05, 3.63) is 48.0 Å². The van der Waals surface area contributed by atoms with Crippen LogP contribution in [0.4, 0.5) is 0 Å². The van der Waals surface area contributed by atoms with Crippen molar-refractivity contribution >= 4 is 17.8 Å². The number of likely N-dealkylation sites (tertiary alicyclic amines) is 1. The number of carbonyl (C=O) groups excluding carboxylic acids is 2. The van der Waals surface area contributed by atoms with Crippen LogP contribution in [0.5, 0.6) is 0 Å². The van der Waals surface area contributed by atoms with Crippen LogP contribution in [0.2, 0.25) is 0 Å². The Morgan fingerprint density at radius 2 is 1.60 bits per heavy atom. The summed E-state index contributed by atoms with van der Waals surface area (Å²) in [7, 11) is 0. The molecule has 128 valence electrons. The second kappa shape index (κ2) is 5.04. The lowest BCUT2D eigenvalue weighted by molar-refractivity contribution is -0.155. The summed E-state index contributed by atoms with van der Waals surface area (Å²) in [5.41, 5.74) is 0.814. The SMILES string of the molecule is O=C(O)[C@@H](Cc1ccccc1)N1C(=O)[C@@H]2[C@H]3C=C[C@H]([C@H]4C[C@@H]34)[C@@H]2C1=O. The van der Waals surface area contributed by atoms with Crippen LogP contribution in [0, 0.1) is 35.5 Å². The summed E-state index contributed by atoms with van der Waals surface area (Å²) in [5.74, 6) is -1.08. The fourth-order valence-electron chi connectivity index (χ4n) is 5.41. The Morgan fingerprint density at radius 3 is 2.12 bits per heavy atom. The Morgan fingerprint density at radius 1 is 1.04 bits per heavy atom. The molecule has 0 spiro atoms. The highest BCUT2D eigenvalue weighted by Crippen LogP contribution is 2.65. The van der Waals surface area contributed by atoms with Gasteiger partial charge in [-0.1, -0.05) is 42.5 Å². The average Bonchev–Trinajstić information content (AvgIpc) is 3.39. The van der Waals surface area contributed by atoms with Gasteiger partial charge in [0.1, 0.15) is 6.04 Å². The van der Waals surface area contributed by atoms with E-state index in [2.05, 4.69) is 12.2 Å². The van der Waals surface area contributed by atoms with Gasteiger partial charge in [-0.15, -0.1) is 0 Å². The number of aliphatic carboxylic acids is 1. The molecule has 5 heteroatoms. The normalized spacial score (nSPS) is 38.5. The topological polar surface area (TPSA) is 74.7 Å². The molecule has 4 aliphatic carbocycles. The molecule has 3 fully saturated rings. The maximum absolute atomic E-state index is 13.0. The molecule has 5 aliphatic rings. The summed E-state index contributed by atoms with van der Waals surface area (Å²) in [6, 6.07) is 8.06. The minimum Gasteiger partial charge on any atom is -0.480 e. The molecule has 1 aliphatic heterocycles. The number of imide groups is 1. The maximum atomic E-state index is 13.0. The largest absolute Gasteiger partial charge is 0.480 e. The smallest absolute Gasteiger partial charge is 0.327 e. The fraction of sp³-hybridized carbons (Fsp3) is 0.450. The van der Waals surface area contributed by atoms with Gasteiger partial charge in [0.05, 0.1) is 11.8 Å². The van der Waals surface area contributed by atoms with Gasteiger partial charge in [-0.3, -0.25) is 14.5 Å². The van der Waals surface area contributed by atoms with Crippen molar-refractivity contribution in [2.24, 2.45) is 35.5 Å². The summed E-state index contributed by atoms with van der Waals surface area (Å²) < 4.78 is 0. The molecule has 1 heterocycles. The lowest BCUT2D eigenvalue weighted by Crippen LogP contribution is -2.47. The van der Waals surface area contributed by atoms with Crippen LogP contribution in [-0.4, -0.2) is 33.8 Å². The summed E-state index contributed by atoms with van der Waals surface area (Å²) in [5, 5.41) is 9.71. The number of carboxylic acids is 1. The quantitative estimate of drug-likeness (QED) is 0.671. The lowest BCUT2D eigenvalue weighted by atomic mass is 9.63. The number of hydrogen-bond donors (Lipinski definition) is 1. The van der Waals surface area contributed by atoms with Crippen molar-refractivity contribution in [2.75, 3.05) is 0 Å². The lowest BCUT2D eigenvalue weighted by Gasteiger charge is -2.37. The van der Waals surface area contributed by atoms with E-state index in [1.54, 1.807) is 0 Å². The number of benzene rings is 1. The minimum atomic E-state index is -1.12. The minimum absolute atomic E-state index is 0.118. The summed E-state index contributed by atoms with van der Waals surface area (Å²) in [6.07, 6.45) is 5.45. The van der Waals surface area contributed by atoms with E-state index < -0.39 is 12.0 Å². The summed E-state index contributed by atoms with van der Waals surface area (Å²) >= 11 is 0. The number of rotatable bonds is 4. The van der Waals surface area contributed by atoms with E-state index in [-0.39, 0.29) is 41.9 Å². The molecule has 6 rings (SSSR count). The zero-order valence-electron chi connectivity index (χ0n) is 13.6. The van der Waals surface area contributed by atoms with Gasteiger partial charge in [0, 0.05) is 6.42 Å². The van der Waals surface area contributed by atoms with E-state index in [1.165, 1.54) is 0 Å². The van der Waals surface area contributed by atoms with Gasteiger partial charge in [0.25, 0.3) is 0 Å². The maximum Gasteiger partial charge on any atom is 0.327 e. The van der Waals surface area contributed by atoms with Crippen molar-refractivity contribution < 1.29 is 19.5 Å². The molecule has 0 aromatic heterocycles. The van der Waals surface area contributed by atoms with Gasteiger partial charge >= 0.3 is 5.97 Å². The number of nitrogens with zero attached hydrogens (tertiary/aromatic N) is 1. The van der Waals surface area contributed by atoms with Gasteiger partial charge in [-0.25, -0.2) is 4.79 Å². The molecule has 0 unspecified atom stereocenters. The number of carboxylic acid groups (broad SMARTS) is 1. The number of hydrogen-bond acceptors (Lipinski definition) is 3. The molecule has 2 amide bonds. The van der Waals surface area contributed by atoms with E-state index in [1.807, 2.05) is 30.3 Å². The molecule has 2 bridgehead atoms. The molecule has 0 radical (unpaired) electrons. The molecule has 5 nitrogen and oxygen atoms in total. The summed E-state index contributed by atoms with van der Waals surface area (Å²) in [6.45, 7) is 0. The molecule has 1 saturated heterocycles. The molecular weight excluding hydrogens is 318 g/mol. The highest BCUT2D eigenvalue weighted by Gasteiger charge is 2.67. The molecule has 1 aromatic carbocycles. The van der Waals surface area contributed by atoms with Crippen LogP contribution in [-0.2, 0) is 20.8 Å². The Hall–Kier alpha value is -2.43. The van der Waals surface area contributed by atoms with E-state index in [9.17, 15) is 19.5 Å². The number of amides is 2. The van der Waals surface area contributed by atoms with Crippen molar-refractivity contribution in [2.45, 2.75) is 18.9 Å². The molecule has 1 aromatic rings. The van der Waals surface area contributed by atoms with Crippen molar-refractivity contribution in [1.82, 2.24) is 4.90 Å². The first kappa shape index (κ1) is 14.9. The summed E-state index contributed by atoms with van der Waals surface area (Å²) in [4.78, 5) is 39.0. The molecule has 1 N–H and O–H groups in total. The first-order chi connectivity index (χ1) is 12.1. The van der Waals surface area contributed by atoms with Crippen LogP contribution < -0.4 is 0 Å². The predicted octanol–water partition coefficient (Wildman–Crippen LogP) is 1.74. The van der Waals surface area contributed by atoms with Crippen LogP contribution in [0.3, 0.4) is 0 Å². The Balaban J connectivity index is 1.48. The molecular formula is C20H19NO4. The van der Waals surface area contributed by atoms with Crippen molar-refractivity contribution in [3.8, 4) is 0 Å². The Bertz CT molecular complexity index is 765. The van der Waals surface area contributed by atoms with E-state index in [0.29, 0.717) is 11.8 Å². The first-order valence-electron chi connectivity index (χ1n) is 8.90. The van der Waals surface area contributed by atoms with E-state index >= 15 is 0 Å². The van der Waals surface area contributed by atoms with Crippen molar-refractivity contribution in [1.29, 1.82) is 0 Å². The average molecular weight is 337 g/mol. The van der Waals surface area contributed by atoms with Crippen LogP contribution in [0.15, 0.2) is 42.5 Å². The van der Waals surface area contributed by atoms with Gasteiger partial charge in [-0.2, -0.15) is 0 Å². The van der Waals surface area contributed by atoms with E-state index in [4.69, 9.17) is 0 Å². The van der Waals surface area contributed by atoms with Crippen LogP contribution in [0.25, 0.3) is 0 Å². The van der Waals surface area contributed by atoms with Gasteiger partial charge in [0.15, 0.2) is 0 Å². The molecule has 7 atom stereocenters. The Kier molecular flexibility index (Phi) is 3.00. The fourth-order valence-corrected chi connectivity index (χ4v) is 5.41. The zero-order chi connectivity index (χ0) is 17.3. The third kappa shape index (κ3) is 1.98. The van der Waals surface area contributed by atoms with Crippen LogP contribution in [0.1, 0.15) is 12.0 Å². The third-order valence-electron chi connectivity index (χ3n) is 6.57. The standard InChI is InChI=1S/C20H19NO4/c22-18-16-11-6-7-12(14-9-13(11)14)17(16)19(23)21(18)15(20(24)25)8-10-4-2-1-3-5-10/h1-7,11-17H,8-9H2,(H,24,25)/t11-,12+,13-,14+,15-,16+,17-/m1/s1. The van der Waals surface area contributed by atoms with Gasteiger partial charge < -0.3 is 5.11 Å².